The molecular weight excluding hydrogens is 937 g/mol. The normalized spacial score (nSPS) is 51.6. The van der Waals surface area contributed by atoms with E-state index >= 15 is 0 Å². The van der Waals surface area contributed by atoms with Crippen molar-refractivity contribution in [1.82, 2.24) is 0 Å². The van der Waals surface area contributed by atoms with Crippen molar-refractivity contribution in [3.8, 4) is 0 Å². The van der Waals surface area contributed by atoms with E-state index in [9.17, 15) is 49.8 Å². The molecule has 0 amide bonds. The quantitative estimate of drug-likeness (QED) is 0.105. The van der Waals surface area contributed by atoms with Gasteiger partial charge in [-0.2, -0.15) is 0 Å². The number of carbonyl (C=O) groups excluding carboxylic acids is 4. The lowest BCUT2D eigenvalue weighted by Gasteiger charge is -2.60. The van der Waals surface area contributed by atoms with Crippen LogP contribution in [0.15, 0.2) is 23.8 Å². The Hall–Kier alpha value is -3.00. The summed E-state index contributed by atoms with van der Waals surface area (Å²) in [6.45, 7) is 16.6. The number of hydrogen-bond donors (Lipinski definition) is 6. The predicted molar refractivity (Wildman–Crippen MR) is 239 cm³/mol. The molecule has 5 saturated heterocycles. The summed E-state index contributed by atoms with van der Waals surface area (Å²) in [6, 6.07) is 0. The zero-order valence-corrected chi connectivity index (χ0v) is 41.5. The van der Waals surface area contributed by atoms with Crippen molar-refractivity contribution in [2.75, 3.05) is 13.2 Å². The van der Waals surface area contributed by atoms with E-state index in [4.69, 9.17) is 52.1 Å². The third-order valence-corrected chi connectivity index (χ3v) is 17.9. The molecule has 8 fully saturated rings. The highest BCUT2D eigenvalue weighted by atomic mass is 16.8. The van der Waals surface area contributed by atoms with E-state index in [0.29, 0.717) is 18.4 Å². The second-order valence-electron chi connectivity index (χ2n) is 22.0. The monoisotopic (exact) mass is 1010 g/mol. The molecule has 0 aromatic heterocycles. The number of rotatable bonds is 9. The van der Waals surface area contributed by atoms with Crippen molar-refractivity contribution in [2.45, 2.75) is 210 Å². The number of ketones is 1. The summed E-state index contributed by atoms with van der Waals surface area (Å²) in [5, 5.41) is 67.1. The van der Waals surface area contributed by atoms with E-state index < -0.39 is 139 Å². The first kappa shape index (κ1) is 52.8. The molecule has 21 nitrogen and oxygen atoms in total. The first-order chi connectivity index (χ1) is 33.4. The Morgan fingerprint density at radius 3 is 2.14 bits per heavy atom. The van der Waals surface area contributed by atoms with E-state index in [0.717, 1.165) is 45.6 Å². The zero-order valence-electron chi connectivity index (χ0n) is 41.5. The molecule has 5 aliphatic heterocycles. The summed E-state index contributed by atoms with van der Waals surface area (Å²) in [5.74, 6) is -4.53. The topological polar surface area (TPSA) is 291 Å². The molecule has 26 atom stereocenters. The lowest BCUT2D eigenvalue weighted by atomic mass is 9.46. The smallest absolute Gasteiger partial charge is 0.303 e. The lowest BCUT2D eigenvalue weighted by molar-refractivity contribution is -0.364. The van der Waals surface area contributed by atoms with Gasteiger partial charge in [0, 0.05) is 38.5 Å². The van der Waals surface area contributed by atoms with Crippen LogP contribution in [-0.2, 0) is 71.3 Å². The number of hydrogen-bond acceptors (Lipinski definition) is 21. The van der Waals surface area contributed by atoms with Crippen LogP contribution < -0.4 is 0 Å². The standard InChI is InChI=1S/C50H72O21/c1-19-17-62-50(44(35(19)56)70-45-39(60)38(59)36(57)21(3)63-45)20(2)34-32(71-50)16-30-28-11-10-26-14-27(54)15-33(49(26,9)29(28)12-13-48(30,34)8)68-46-41(37(58)31(55)18-61-46)69-47-43(67-25(7)53)42(66-24(6)52)40(22(4)64-47)65-23(5)51/h10,20-22,27-35,37-47,54-56,58-60H,1,11-18H2,2-9H3. The van der Waals surface area contributed by atoms with Crippen molar-refractivity contribution in [2.24, 2.45) is 40.4 Å². The molecule has 6 N–H and O–H groups in total. The van der Waals surface area contributed by atoms with Gasteiger partial charge in [-0.1, -0.05) is 39.0 Å². The van der Waals surface area contributed by atoms with Gasteiger partial charge in [-0.25, -0.2) is 0 Å². The molecule has 0 aromatic rings. The van der Waals surface area contributed by atoms with E-state index in [1.54, 1.807) is 6.92 Å². The minimum absolute atomic E-state index is 0.00206. The molecular formula is C50H72O21. The van der Waals surface area contributed by atoms with Gasteiger partial charge in [0.2, 0.25) is 5.79 Å². The van der Waals surface area contributed by atoms with Gasteiger partial charge in [0.25, 0.3) is 0 Å². The molecule has 71 heavy (non-hydrogen) atoms. The van der Waals surface area contributed by atoms with Crippen LogP contribution in [0.1, 0.15) is 93.9 Å². The molecule has 398 valence electrons. The van der Waals surface area contributed by atoms with Crippen molar-refractivity contribution in [1.29, 1.82) is 0 Å². The Labute approximate surface area is 412 Å². The van der Waals surface area contributed by atoms with Gasteiger partial charge in [-0.3, -0.25) is 19.2 Å². The van der Waals surface area contributed by atoms with Crippen LogP contribution in [0.25, 0.3) is 0 Å². The summed E-state index contributed by atoms with van der Waals surface area (Å²) in [4.78, 5) is 49.5. The number of aliphatic hydroxyl groups is 6. The highest BCUT2D eigenvalue weighted by Crippen LogP contribution is 2.71. The van der Waals surface area contributed by atoms with E-state index in [1.807, 2.05) is 6.92 Å². The van der Waals surface area contributed by atoms with Crippen LogP contribution in [0.5, 0.6) is 0 Å². The first-order valence-corrected chi connectivity index (χ1v) is 25.1. The lowest BCUT2D eigenvalue weighted by Crippen LogP contribution is -2.65. The third-order valence-electron chi connectivity index (χ3n) is 17.9. The molecule has 5 heterocycles. The van der Waals surface area contributed by atoms with Gasteiger partial charge < -0.3 is 82.7 Å². The SMILES string of the molecule is C=C1COC2(OC3CC4C5CC=C6CC(O)CC(OC7OCC(O)C(O)C7OC7OC(C)C(OC(C)=O)C(OC(C)=O)C7OC(C)=O)C6(C)C5CCC4(C)C3C2C)C(OC2OC(C)C(=O)C(O)C2O)C1O. The highest BCUT2D eigenvalue weighted by Gasteiger charge is 2.72. The number of ether oxygens (including phenoxy) is 11. The zero-order chi connectivity index (χ0) is 51.4. The van der Waals surface area contributed by atoms with Gasteiger partial charge in [0.1, 0.15) is 48.8 Å². The molecule has 0 aromatic carbocycles. The number of carbonyl (C=O) groups is 4. The average Bonchev–Trinajstić information content (AvgIpc) is 3.76. The van der Waals surface area contributed by atoms with Gasteiger partial charge in [-0.05, 0) is 80.6 Å². The molecule has 3 saturated carbocycles. The van der Waals surface area contributed by atoms with Crippen molar-refractivity contribution in [3.63, 3.8) is 0 Å². The van der Waals surface area contributed by atoms with Crippen LogP contribution in [-0.4, -0.2) is 184 Å². The molecule has 21 heteroatoms. The number of fused-ring (bicyclic) bond motifs is 7. The number of aliphatic hydroxyl groups excluding tert-OH is 6. The molecule has 4 aliphatic carbocycles. The van der Waals surface area contributed by atoms with Crippen LogP contribution in [0, 0.1) is 40.4 Å². The number of esters is 3. The minimum Gasteiger partial charge on any atom is -0.456 e. The first-order valence-electron chi connectivity index (χ1n) is 25.1. The van der Waals surface area contributed by atoms with Crippen molar-refractivity contribution < 1.29 is 102 Å². The Bertz CT molecular complexity index is 2100. The molecule has 1 spiro atoms. The second kappa shape index (κ2) is 19.6. The Morgan fingerprint density at radius 2 is 1.45 bits per heavy atom. The summed E-state index contributed by atoms with van der Waals surface area (Å²) in [7, 11) is 0. The highest BCUT2D eigenvalue weighted by molar-refractivity contribution is 5.88. The Balaban J connectivity index is 0.964. The summed E-state index contributed by atoms with van der Waals surface area (Å²) in [5.41, 5.74) is 0.441. The summed E-state index contributed by atoms with van der Waals surface area (Å²) >= 11 is 0. The van der Waals surface area contributed by atoms with Crippen molar-refractivity contribution >= 4 is 23.7 Å². The number of Topliss-reactive ketones (excluding diaryl/α,β-unsaturated/α-hetero) is 1. The minimum atomic E-state index is -1.75. The number of allylic oxidation sites excluding steroid dienone is 1. The van der Waals surface area contributed by atoms with Gasteiger partial charge in [-0.15, -0.1) is 0 Å². The summed E-state index contributed by atoms with van der Waals surface area (Å²) < 4.78 is 67.9. The maximum atomic E-state index is 12.5. The van der Waals surface area contributed by atoms with E-state index in [2.05, 4.69) is 26.5 Å². The van der Waals surface area contributed by atoms with E-state index in [1.165, 1.54) is 6.92 Å². The molecule has 0 bridgehead atoms. The summed E-state index contributed by atoms with van der Waals surface area (Å²) in [6.07, 6.45) is -17.0. The van der Waals surface area contributed by atoms with Gasteiger partial charge >= 0.3 is 17.9 Å². The van der Waals surface area contributed by atoms with Crippen molar-refractivity contribution in [3.05, 3.63) is 23.8 Å². The van der Waals surface area contributed by atoms with Crippen LogP contribution in [0.2, 0.25) is 0 Å². The van der Waals surface area contributed by atoms with Crippen LogP contribution >= 0.6 is 0 Å². The molecule has 9 aliphatic rings. The third kappa shape index (κ3) is 8.93. The van der Waals surface area contributed by atoms with Crippen LogP contribution in [0.3, 0.4) is 0 Å². The molecule has 0 radical (unpaired) electrons. The fraction of sp³-hybridized carbons (Fsp3) is 0.840. The molecule has 26 unspecified atom stereocenters. The second-order valence-corrected chi connectivity index (χ2v) is 22.0. The van der Waals surface area contributed by atoms with Gasteiger partial charge in [0.05, 0.1) is 37.6 Å². The maximum Gasteiger partial charge on any atom is 0.303 e. The predicted octanol–water partition coefficient (Wildman–Crippen LogP) is 0.634. The molecule has 9 rings (SSSR count). The largest absolute Gasteiger partial charge is 0.456 e. The van der Waals surface area contributed by atoms with Gasteiger partial charge in [0.15, 0.2) is 43.0 Å². The Morgan fingerprint density at radius 1 is 0.775 bits per heavy atom. The Kier molecular flexibility index (Phi) is 14.6. The maximum absolute atomic E-state index is 12.5. The van der Waals surface area contributed by atoms with E-state index in [-0.39, 0.29) is 60.7 Å². The fourth-order valence-electron chi connectivity index (χ4n) is 14.6. The fourth-order valence-corrected chi connectivity index (χ4v) is 14.6. The average molecular weight is 1010 g/mol. The van der Waals surface area contributed by atoms with Crippen LogP contribution in [0.4, 0.5) is 0 Å².